The Bertz CT molecular complexity index is 496. The van der Waals surface area contributed by atoms with Gasteiger partial charge in [-0.05, 0) is 51.4 Å². The van der Waals surface area contributed by atoms with Crippen molar-refractivity contribution in [1.82, 2.24) is 15.5 Å². The summed E-state index contributed by atoms with van der Waals surface area (Å²) < 4.78 is 0. The summed E-state index contributed by atoms with van der Waals surface area (Å²) in [4.78, 5) is 12.4. The van der Waals surface area contributed by atoms with Crippen molar-refractivity contribution in [3.8, 4) is 0 Å². The van der Waals surface area contributed by atoms with E-state index >= 15 is 0 Å². The molecule has 2 fully saturated rings. The van der Waals surface area contributed by atoms with E-state index in [0.717, 1.165) is 24.1 Å². The maximum atomic E-state index is 12.4. The van der Waals surface area contributed by atoms with Crippen molar-refractivity contribution in [2.24, 2.45) is 17.6 Å². The van der Waals surface area contributed by atoms with Crippen LogP contribution in [0.4, 0.5) is 0 Å². The molecule has 2 aliphatic rings. The predicted molar refractivity (Wildman–Crippen MR) is 77.4 cm³/mol. The van der Waals surface area contributed by atoms with Crippen LogP contribution in [-0.2, 0) is 0 Å². The van der Waals surface area contributed by atoms with Crippen LogP contribution in [0.5, 0.6) is 0 Å². The van der Waals surface area contributed by atoms with Crippen LogP contribution in [0.15, 0.2) is 0 Å². The number of nitrogens with two attached hydrogens (primary N) is 1. The molecule has 2 unspecified atom stereocenters. The van der Waals surface area contributed by atoms with Crippen molar-refractivity contribution in [2.75, 3.05) is 0 Å². The molecule has 2 saturated carbocycles. The third-order valence-corrected chi connectivity index (χ3v) is 5.14. The molecule has 0 aromatic carbocycles. The molecule has 0 radical (unpaired) electrons. The molecule has 1 amide bonds. The van der Waals surface area contributed by atoms with Gasteiger partial charge < -0.3 is 11.1 Å². The zero-order valence-electron chi connectivity index (χ0n) is 12.3. The first kappa shape index (κ1) is 13.6. The second-order valence-corrected chi connectivity index (χ2v) is 6.50. The van der Waals surface area contributed by atoms with E-state index in [-0.39, 0.29) is 11.9 Å². The van der Waals surface area contributed by atoms with Gasteiger partial charge in [-0.25, -0.2) is 0 Å². The standard InChI is InChI=1S/C15H24N4O/c1-8-9(2)18-19-13(8)15(20)17-14-10-4-3-5-11(14)7-12(16)6-10/h10-12,14H,3-7,16H2,1-2H3,(H,17,20)(H,18,19). The highest BCUT2D eigenvalue weighted by Gasteiger charge is 2.40. The van der Waals surface area contributed by atoms with Crippen molar-refractivity contribution in [1.29, 1.82) is 0 Å². The van der Waals surface area contributed by atoms with Gasteiger partial charge in [0.2, 0.25) is 0 Å². The number of nitrogens with zero attached hydrogens (tertiary/aromatic N) is 1. The minimum absolute atomic E-state index is 0.0378. The van der Waals surface area contributed by atoms with Gasteiger partial charge in [0.1, 0.15) is 0 Å². The van der Waals surface area contributed by atoms with Crippen LogP contribution in [0.3, 0.4) is 0 Å². The molecule has 4 N–H and O–H groups in total. The normalized spacial score (nSPS) is 33.0. The average Bonchev–Trinajstić information content (AvgIpc) is 2.71. The molecule has 1 aromatic rings. The lowest BCUT2D eigenvalue weighted by atomic mass is 9.67. The highest BCUT2D eigenvalue weighted by Crippen LogP contribution is 2.39. The van der Waals surface area contributed by atoms with Crippen LogP contribution in [0.1, 0.15) is 53.8 Å². The van der Waals surface area contributed by atoms with E-state index in [1.807, 2.05) is 13.8 Å². The van der Waals surface area contributed by atoms with E-state index in [1.165, 1.54) is 19.3 Å². The summed E-state index contributed by atoms with van der Waals surface area (Å²) in [7, 11) is 0. The van der Waals surface area contributed by atoms with E-state index in [0.29, 0.717) is 23.6 Å². The van der Waals surface area contributed by atoms with Crippen LogP contribution in [0.25, 0.3) is 0 Å². The minimum atomic E-state index is -0.0378. The zero-order valence-corrected chi connectivity index (χ0v) is 12.3. The number of carbonyl (C=O) groups is 1. The largest absolute Gasteiger partial charge is 0.347 e. The van der Waals surface area contributed by atoms with Crippen LogP contribution < -0.4 is 11.1 Å². The molecule has 0 spiro atoms. The van der Waals surface area contributed by atoms with Crippen molar-refractivity contribution >= 4 is 5.91 Å². The summed E-state index contributed by atoms with van der Waals surface area (Å²) in [5.74, 6) is 1.05. The fourth-order valence-corrected chi connectivity index (χ4v) is 3.95. The van der Waals surface area contributed by atoms with E-state index in [1.54, 1.807) is 0 Å². The molecule has 2 bridgehead atoms. The molecular formula is C15H24N4O. The SMILES string of the molecule is Cc1[nH]nc(C(=O)NC2C3CCCC2CC(N)C3)c1C. The third kappa shape index (κ3) is 2.35. The maximum absolute atomic E-state index is 12.4. The molecule has 1 heterocycles. The number of hydrogen-bond acceptors (Lipinski definition) is 3. The molecule has 0 aliphatic heterocycles. The monoisotopic (exact) mass is 276 g/mol. The van der Waals surface area contributed by atoms with Crippen LogP contribution in [0.2, 0.25) is 0 Å². The third-order valence-electron chi connectivity index (χ3n) is 5.14. The number of rotatable bonds is 2. The lowest BCUT2D eigenvalue weighted by Gasteiger charge is -2.45. The Hall–Kier alpha value is -1.36. The van der Waals surface area contributed by atoms with E-state index in [4.69, 9.17) is 5.73 Å². The van der Waals surface area contributed by atoms with Gasteiger partial charge in [0, 0.05) is 23.3 Å². The number of aromatic amines is 1. The molecule has 5 nitrogen and oxygen atoms in total. The van der Waals surface area contributed by atoms with Crippen LogP contribution in [-0.4, -0.2) is 28.2 Å². The number of fused-ring (bicyclic) bond motifs is 2. The van der Waals surface area contributed by atoms with E-state index in [2.05, 4.69) is 15.5 Å². The van der Waals surface area contributed by atoms with Gasteiger partial charge in [-0.15, -0.1) is 0 Å². The molecule has 1 aromatic heterocycles. The number of aromatic nitrogens is 2. The first-order valence-electron chi connectivity index (χ1n) is 7.64. The summed E-state index contributed by atoms with van der Waals surface area (Å²) in [6.07, 6.45) is 5.73. The summed E-state index contributed by atoms with van der Waals surface area (Å²) in [5, 5.41) is 10.2. The number of aryl methyl sites for hydroxylation is 1. The topological polar surface area (TPSA) is 83.8 Å². The van der Waals surface area contributed by atoms with Gasteiger partial charge in [-0.3, -0.25) is 9.89 Å². The lowest BCUT2D eigenvalue weighted by Crippen LogP contribution is -2.53. The Kier molecular flexibility index (Phi) is 3.54. The summed E-state index contributed by atoms with van der Waals surface area (Å²) >= 11 is 0. The molecule has 110 valence electrons. The van der Waals surface area contributed by atoms with Gasteiger partial charge >= 0.3 is 0 Å². The number of H-pyrrole nitrogens is 1. The number of nitrogens with one attached hydrogen (secondary N) is 2. The highest BCUT2D eigenvalue weighted by molar-refractivity contribution is 5.94. The van der Waals surface area contributed by atoms with Gasteiger partial charge in [0.25, 0.3) is 5.91 Å². The Morgan fingerprint density at radius 1 is 1.30 bits per heavy atom. The summed E-state index contributed by atoms with van der Waals surface area (Å²) in [6.45, 7) is 3.87. The molecule has 0 saturated heterocycles. The quantitative estimate of drug-likeness (QED) is 0.768. The Morgan fingerprint density at radius 2 is 1.95 bits per heavy atom. The van der Waals surface area contributed by atoms with Gasteiger partial charge in [-0.1, -0.05) is 6.42 Å². The second-order valence-electron chi connectivity index (χ2n) is 6.50. The fraction of sp³-hybridized carbons (Fsp3) is 0.733. The van der Waals surface area contributed by atoms with Crippen LogP contribution >= 0.6 is 0 Å². The Labute approximate surface area is 119 Å². The second kappa shape index (κ2) is 5.20. The molecule has 2 aliphatic carbocycles. The predicted octanol–water partition coefficient (Wildman–Crippen LogP) is 1.66. The van der Waals surface area contributed by atoms with Crippen molar-refractivity contribution in [2.45, 2.75) is 58.0 Å². The molecule has 3 rings (SSSR count). The van der Waals surface area contributed by atoms with E-state index < -0.39 is 0 Å². The zero-order chi connectivity index (χ0) is 14.3. The summed E-state index contributed by atoms with van der Waals surface area (Å²) in [5.41, 5.74) is 8.57. The van der Waals surface area contributed by atoms with Crippen molar-refractivity contribution in [3.05, 3.63) is 17.0 Å². The van der Waals surface area contributed by atoms with Gasteiger partial charge in [-0.2, -0.15) is 5.10 Å². The first-order chi connectivity index (χ1) is 9.56. The Balaban J connectivity index is 1.74. The van der Waals surface area contributed by atoms with Crippen LogP contribution in [0, 0.1) is 25.7 Å². The minimum Gasteiger partial charge on any atom is -0.347 e. The van der Waals surface area contributed by atoms with Gasteiger partial charge in [0.15, 0.2) is 5.69 Å². The fourth-order valence-electron chi connectivity index (χ4n) is 3.95. The first-order valence-corrected chi connectivity index (χ1v) is 7.64. The smallest absolute Gasteiger partial charge is 0.272 e. The molecular weight excluding hydrogens is 252 g/mol. The Morgan fingerprint density at radius 3 is 2.50 bits per heavy atom. The lowest BCUT2D eigenvalue weighted by molar-refractivity contribution is 0.0751. The van der Waals surface area contributed by atoms with Crippen molar-refractivity contribution in [3.63, 3.8) is 0 Å². The maximum Gasteiger partial charge on any atom is 0.272 e. The molecule has 2 atom stereocenters. The highest BCUT2D eigenvalue weighted by atomic mass is 16.2. The number of amides is 1. The summed E-state index contributed by atoms with van der Waals surface area (Å²) in [6, 6.07) is 0.597. The van der Waals surface area contributed by atoms with E-state index in [9.17, 15) is 4.79 Å². The number of carbonyl (C=O) groups excluding carboxylic acids is 1. The molecule has 5 heteroatoms. The average molecular weight is 276 g/mol. The van der Waals surface area contributed by atoms with Crippen molar-refractivity contribution < 1.29 is 4.79 Å². The number of hydrogen-bond donors (Lipinski definition) is 3. The van der Waals surface area contributed by atoms with Gasteiger partial charge in [0.05, 0.1) is 0 Å². The molecule has 20 heavy (non-hydrogen) atoms.